The molecule has 1 saturated heterocycles. The number of likely N-dealkylation sites (tertiary alicyclic amines) is 1. The molecule has 3 heteroatoms. The van der Waals surface area contributed by atoms with Gasteiger partial charge in [0, 0.05) is 12.6 Å². The summed E-state index contributed by atoms with van der Waals surface area (Å²) in [5.41, 5.74) is 6.90. The number of nitrogens with zero attached hydrogens (tertiary/aromatic N) is 1. The molecular formula is C18H30N2O. The second-order valence-electron chi connectivity index (χ2n) is 6.38. The smallest absolute Gasteiger partial charge is 0.0656 e. The molecule has 1 fully saturated rings. The van der Waals surface area contributed by atoms with Crippen LogP contribution in [0.4, 0.5) is 0 Å². The van der Waals surface area contributed by atoms with Crippen LogP contribution >= 0.6 is 0 Å². The van der Waals surface area contributed by atoms with Crippen LogP contribution in [0.1, 0.15) is 51.0 Å². The van der Waals surface area contributed by atoms with Crippen molar-refractivity contribution in [2.75, 3.05) is 19.7 Å². The Labute approximate surface area is 129 Å². The van der Waals surface area contributed by atoms with Crippen LogP contribution in [-0.2, 0) is 5.54 Å². The largest absolute Gasteiger partial charge is 0.394 e. The lowest BCUT2D eigenvalue weighted by molar-refractivity contribution is 0.139. The highest BCUT2D eigenvalue weighted by molar-refractivity contribution is 5.24. The third-order valence-electron chi connectivity index (χ3n) is 4.95. The first-order chi connectivity index (χ1) is 10.2. The molecule has 2 rings (SSSR count). The molecule has 118 valence electrons. The number of rotatable bonds is 6. The third-order valence-corrected chi connectivity index (χ3v) is 4.95. The zero-order valence-electron chi connectivity index (χ0n) is 13.3. The third kappa shape index (κ3) is 4.29. The van der Waals surface area contributed by atoms with Crippen LogP contribution in [0, 0.1) is 0 Å². The van der Waals surface area contributed by atoms with Crippen molar-refractivity contribution >= 4 is 0 Å². The molecule has 1 aromatic rings. The zero-order valence-corrected chi connectivity index (χ0v) is 13.3. The molecule has 1 aliphatic heterocycles. The summed E-state index contributed by atoms with van der Waals surface area (Å²) in [5.74, 6) is 0. The quantitative estimate of drug-likeness (QED) is 0.847. The second-order valence-corrected chi connectivity index (χ2v) is 6.38. The van der Waals surface area contributed by atoms with Crippen molar-refractivity contribution in [1.82, 2.24) is 4.90 Å². The zero-order chi connectivity index (χ0) is 15.1. The van der Waals surface area contributed by atoms with Gasteiger partial charge in [0.05, 0.1) is 12.1 Å². The maximum absolute atomic E-state index is 9.80. The fraction of sp³-hybridized carbons (Fsp3) is 0.667. The average molecular weight is 290 g/mol. The van der Waals surface area contributed by atoms with E-state index in [9.17, 15) is 5.11 Å². The van der Waals surface area contributed by atoms with Gasteiger partial charge in [0.2, 0.25) is 0 Å². The van der Waals surface area contributed by atoms with Crippen molar-refractivity contribution in [2.45, 2.75) is 57.0 Å². The van der Waals surface area contributed by atoms with Crippen LogP contribution in [0.5, 0.6) is 0 Å². The Morgan fingerprint density at radius 3 is 2.67 bits per heavy atom. The van der Waals surface area contributed by atoms with Gasteiger partial charge in [-0.05, 0) is 37.8 Å². The predicted molar refractivity (Wildman–Crippen MR) is 88.1 cm³/mol. The van der Waals surface area contributed by atoms with Crippen LogP contribution in [0.15, 0.2) is 30.3 Å². The molecule has 3 N–H and O–H groups in total. The van der Waals surface area contributed by atoms with Gasteiger partial charge in [0.15, 0.2) is 0 Å². The van der Waals surface area contributed by atoms with E-state index in [1.54, 1.807) is 0 Å². The molecule has 2 atom stereocenters. The van der Waals surface area contributed by atoms with Gasteiger partial charge in [-0.2, -0.15) is 0 Å². The number of nitrogens with two attached hydrogens (primary N) is 1. The molecule has 2 unspecified atom stereocenters. The molecule has 1 aliphatic rings. The molecule has 0 bridgehead atoms. The fourth-order valence-corrected chi connectivity index (χ4v) is 3.42. The van der Waals surface area contributed by atoms with Crippen molar-refractivity contribution in [3.63, 3.8) is 0 Å². The Balaban J connectivity index is 2.01. The lowest BCUT2D eigenvalue weighted by Crippen LogP contribution is -2.45. The lowest BCUT2D eigenvalue weighted by atomic mass is 9.88. The van der Waals surface area contributed by atoms with Crippen molar-refractivity contribution in [1.29, 1.82) is 0 Å². The van der Waals surface area contributed by atoms with Crippen molar-refractivity contribution in [3.05, 3.63) is 35.9 Å². The van der Waals surface area contributed by atoms with E-state index < -0.39 is 5.54 Å². The van der Waals surface area contributed by atoms with Crippen molar-refractivity contribution in [2.24, 2.45) is 5.73 Å². The molecule has 0 amide bonds. The molecule has 3 nitrogen and oxygen atoms in total. The lowest BCUT2D eigenvalue weighted by Gasteiger charge is -2.34. The van der Waals surface area contributed by atoms with Gasteiger partial charge in [-0.3, -0.25) is 0 Å². The van der Waals surface area contributed by atoms with Crippen LogP contribution in [-0.4, -0.2) is 35.7 Å². The highest BCUT2D eigenvalue weighted by Crippen LogP contribution is 2.25. The van der Waals surface area contributed by atoms with Crippen LogP contribution in [0.2, 0.25) is 0 Å². The number of benzene rings is 1. The van der Waals surface area contributed by atoms with Gasteiger partial charge in [0.1, 0.15) is 0 Å². The highest BCUT2D eigenvalue weighted by Gasteiger charge is 2.28. The minimum atomic E-state index is -0.619. The molecule has 1 aromatic carbocycles. The molecule has 0 aromatic heterocycles. The minimum absolute atomic E-state index is 0.00163. The number of hydrogen-bond acceptors (Lipinski definition) is 3. The number of hydrogen-bond donors (Lipinski definition) is 2. The van der Waals surface area contributed by atoms with Crippen molar-refractivity contribution in [3.8, 4) is 0 Å². The van der Waals surface area contributed by atoms with E-state index in [4.69, 9.17) is 5.73 Å². The fourth-order valence-electron chi connectivity index (χ4n) is 3.42. The summed E-state index contributed by atoms with van der Waals surface area (Å²) in [6.45, 7) is 4.43. The summed E-state index contributed by atoms with van der Waals surface area (Å²) >= 11 is 0. The van der Waals surface area contributed by atoms with Crippen LogP contribution in [0.3, 0.4) is 0 Å². The molecule has 0 radical (unpaired) electrons. The minimum Gasteiger partial charge on any atom is -0.394 e. The molecule has 21 heavy (non-hydrogen) atoms. The summed E-state index contributed by atoms with van der Waals surface area (Å²) in [6.07, 6.45) is 7.31. The number of aliphatic hydroxyl groups is 1. The monoisotopic (exact) mass is 290 g/mol. The molecule has 1 heterocycles. The standard InChI is InChI=1S/C18H30N2O/c1-2-17-11-7-4-8-13-20(17)14-12-18(19,15-21)16-9-5-3-6-10-16/h3,5-6,9-10,17,21H,2,4,7-8,11-15,19H2,1H3. The summed E-state index contributed by atoms with van der Waals surface area (Å²) in [4.78, 5) is 2.59. The van der Waals surface area contributed by atoms with Gasteiger partial charge in [0.25, 0.3) is 0 Å². The maximum atomic E-state index is 9.80. The van der Waals surface area contributed by atoms with Crippen LogP contribution < -0.4 is 5.73 Å². The van der Waals surface area contributed by atoms with E-state index in [0.717, 1.165) is 18.5 Å². The van der Waals surface area contributed by atoms with Gasteiger partial charge >= 0.3 is 0 Å². The van der Waals surface area contributed by atoms with E-state index in [0.29, 0.717) is 6.04 Å². The Bertz CT molecular complexity index is 409. The van der Waals surface area contributed by atoms with E-state index in [1.165, 1.54) is 38.6 Å². The van der Waals surface area contributed by atoms with E-state index in [2.05, 4.69) is 11.8 Å². The Morgan fingerprint density at radius 1 is 1.24 bits per heavy atom. The van der Waals surface area contributed by atoms with E-state index in [-0.39, 0.29) is 6.61 Å². The average Bonchev–Trinajstić information content (AvgIpc) is 2.78. The SMILES string of the molecule is CCC1CCCCCN1CCC(N)(CO)c1ccccc1. The molecule has 0 aliphatic carbocycles. The van der Waals surface area contributed by atoms with Crippen LogP contribution in [0.25, 0.3) is 0 Å². The first-order valence-corrected chi connectivity index (χ1v) is 8.39. The van der Waals surface area contributed by atoms with E-state index >= 15 is 0 Å². The molecule has 0 saturated carbocycles. The first kappa shape index (κ1) is 16.5. The van der Waals surface area contributed by atoms with Gasteiger partial charge in [-0.25, -0.2) is 0 Å². The summed E-state index contributed by atoms with van der Waals surface area (Å²) in [5, 5.41) is 9.80. The van der Waals surface area contributed by atoms with Gasteiger partial charge in [-0.15, -0.1) is 0 Å². The highest BCUT2D eigenvalue weighted by atomic mass is 16.3. The van der Waals surface area contributed by atoms with Gasteiger partial charge < -0.3 is 15.7 Å². The number of aliphatic hydroxyl groups excluding tert-OH is 1. The second kappa shape index (κ2) is 7.92. The molecule has 0 spiro atoms. The van der Waals surface area contributed by atoms with Crippen molar-refractivity contribution < 1.29 is 5.11 Å². The van der Waals surface area contributed by atoms with E-state index in [1.807, 2.05) is 30.3 Å². The Hall–Kier alpha value is -0.900. The Morgan fingerprint density at radius 2 is 2.00 bits per heavy atom. The summed E-state index contributed by atoms with van der Waals surface area (Å²) in [7, 11) is 0. The topological polar surface area (TPSA) is 49.5 Å². The summed E-state index contributed by atoms with van der Waals surface area (Å²) in [6, 6.07) is 10.7. The van der Waals surface area contributed by atoms with Gasteiger partial charge in [-0.1, -0.05) is 50.1 Å². The summed E-state index contributed by atoms with van der Waals surface area (Å²) < 4.78 is 0. The maximum Gasteiger partial charge on any atom is 0.0656 e. The normalized spacial score (nSPS) is 23.5. The first-order valence-electron chi connectivity index (χ1n) is 8.39. The molecular weight excluding hydrogens is 260 g/mol. The Kier molecular flexibility index (Phi) is 6.22. The predicted octanol–water partition coefficient (Wildman–Crippen LogP) is 2.88.